The summed E-state index contributed by atoms with van der Waals surface area (Å²) in [5, 5.41) is 57.3. The fourth-order valence-corrected chi connectivity index (χ4v) is 1.06. The van der Waals surface area contributed by atoms with Gasteiger partial charge in [-0.25, -0.2) is 0 Å². The van der Waals surface area contributed by atoms with Crippen LogP contribution in [0.4, 0.5) is 8.78 Å². The van der Waals surface area contributed by atoms with Gasteiger partial charge in [0.2, 0.25) is 0 Å². The molecule has 25 heavy (non-hydrogen) atoms. The lowest BCUT2D eigenvalue weighted by Gasteiger charge is -2.43. The SMILES string of the molecule is CC(=O)O.CC(=O)O.CC(=O)O.C[C@@H]1OC(O)(F)[C@](O)(F)[C@H](O)[C@@H]1O. The summed E-state index contributed by atoms with van der Waals surface area (Å²) < 4.78 is 29.5. The number of halogens is 2. The van der Waals surface area contributed by atoms with Crippen LogP contribution in [0, 0.1) is 0 Å². The molecular formula is C12H22F2O11. The molecule has 150 valence electrons. The number of ether oxygens (including phenoxy) is 1. The van der Waals surface area contributed by atoms with E-state index in [1.165, 1.54) is 0 Å². The Hall–Kier alpha value is -1.93. The second-order valence-corrected chi connectivity index (χ2v) is 4.55. The number of hydrogen-bond donors (Lipinski definition) is 7. The Labute approximate surface area is 140 Å². The number of carboxylic acids is 3. The van der Waals surface area contributed by atoms with E-state index >= 15 is 0 Å². The highest BCUT2D eigenvalue weighted by molar-refractivity contribution is 5.63. The summed E-state index contributed by atoms with van der Waals surface area (Å²) in [6.45, 7) is 4.35. The van der Waals surface area contributed by atoms with Gasteiger partial charge in [-0.2, -0.15) is 8.78 Å². The van der Waals surface area contributed by atoms with Crippen LogP contribution in [0.2, 0.25) is 0 Å². The molecule has 5 atom stereocenters. The van der Waals surface area contributed by atoms with Crippen LogP contribution in [-0.2, 0) is 19.1 Å². The van der Waals surface area contributed by atoms with Crippen LogP contribution >= 0.6 is 0 Å². The third-order valence-corrected chi connectivity index (χ3v) is 1.97. The molecule has 0 amide bonds. The molecular weight excluding hydrogens is 358 g/mol. The van der Waals surface area contributed by atoms with Gasteiger partial charge in [-0.3, -0.25) is 14.4 Å². The minimum atomic E-state index is -4.04. The molecule has 1 saturated heterocycles. The maximum absolute atomic E-state index is 12.9. The van der Waals surface area contributed by atoms with Crippen molar-refractivity contribution in [3.8, 4) is 0 Å². The van der Waals surface area contributed by atoms with Gasteiger partial charge >= 0.3 is 11.9 Å². The van der Waals surface area contributed by atoms with E-state index < -0.39 is 48.1 Å². The average Bonchev–Trinajstić information content (AvgIpc) is 2.32. The van der Waals surface area contributed by atoms with Crippen molar-refractivity contribution in [1.29, 1.82) is 0 Å². The maximum Gasteiger partial charge on any atom is 0.381 e. The van der Waals surface area contributed by atoms with E-state index in [9.17, 15) is 8.78 Å². The lowest BCUT2D eigenvalue weighted by atomic mass is 9.97. The minimum absolute atomic E-state index is 0.833. The standard InChI is InChI=1S/C6H10F2O5.3C2H4O2/c1-2-3(9)4(10)5(7,11)6(8,12)13-2;3*1-2(3)4/h2-4,9-12H,1H3;3*1H3,(H,3,4)/t2-,3+,4+,5-,6?;;;/m0.../s1. The van der Waals surface area contributed by atoms with Crippen LogP contribution < -0.4 is 0 Å². The first kappa shape index (κ1) is 27.9. The summed E-state index contributed by atoms with van der Waals surface area (Å²) in [6.07, 6.45) is -5.61. The third-order valence-electron chi connectivity index (χ3n) is 1.97. The minimum Gasteiger partial charge on any atom is -0.481 e. The molecule has 0 aromatic heterocycles. The first-order valence-electron chi connectivity index (χ1n) is 6.35. The van der Waals surface area contributed by atoms with Gasteiger partial charge in [0.25, 0.3) is 17.9 Å². The molecule has 0 aromatic carbocycles. The Bertz CT molecular complexity index is 398. The average molecular weight is 380 g/mol. The lowest BCUT2D eigenvalue weighted by Crippen LogP contribution is -2.68. The highest BCUT2D eigenvalue weighted by atomic mass is 19.2. The van der Waals surface area contributed by atoms with Crippen molar-refractivity contribution in [2.24, 2.45) is 0 Å². The first-order chi connectivity index (χ1) is 10.9. The van der Waals surface area contributed by atoms with E-state index in [2.05, 4.69) is 4.74 Å². The molecule has 0 radical (unpaired) electrons. The Balaban J connectivity index is -0.000000333. The predicted octanol–water partition coefficient (Wildman–Crippen LogP) is -1.33. The second-order valence-electron chi connectivity index (χ2n) is 4.55. The van der Waals surface area contributed by atoms with Gasteiger partial charge in [-0.05, 0) is 6.92 Å². The van der Waals surface area contributed by atoms with Crippen molar-refractivity contribution < 1.29 is 63.6 Å². The van der Waals surface area contributed by atoms with Gasteiger partial charge in [-0.15, -0.1) is 0 Å². The summed E-state index contributed by atoms with van der Waals surface area (Å²) in [5.41, 5.74) is 0. The van der Waals surface area contributed by atoms with E-state index in [1.54, 1.807) is 0 Å². The van der Waals surface area contributed by atoms with Gasteiger partial charge in [-0.1, -0.05) is 0 Å². The van der Waals surface area contributed by atoms with Crippen molar-refractivity contribution >= 4 is 17.9 Å². The Kier molecular flexibility index (Phi) is 12.9. The maximum atomic E-state index is 12.9. The highest BCUT2D eigenvalue weighted by Crippen LogP contribution is 2.38. The van der Waals surface area contributed by atoms with Gasteiger partial charge < -0.3 is 40.5 Å². The van der Waals surface area contributed by atoms with Crippen LogP contribution in [0.1, 0.15) is 27.7 Å². The van der Waals surface area contributed by atoms with Crippen LogP contribution in [0.5, 0.6) is 0 Å². The topological polar surface area (TPSA) is 202 Å². The Morgan fingerprint density at radius 2 is 1.12 bits per heavy atom. The summed E-state index contributed by atoms with van der Waals surface area (Å²) >= 11 is 0. The zero-order valence-electron chi connectivity index (χ0n) is 13.8. The molecule has 0 aliphatic carbocycles. The lowest BCUT2D eigenvalue weighted by molar-refractivity contribution is -0.468. The van der Waals surface area contributed by atoms with E-state index in [4.69, 9.17) is 50.1 Å². The molecule has 0 bridgehead atoms. The van der Waals surface area contributed by atoms with Crippen molar-refractivity contribution in [1.82, 2.24) is 0 Å². The smallest absolute Gasteiger partial charge is 0.381 e. The summed E-state index contributed by atoms with van der Waals surface area (Å²) in [5.74, 6) is -6.54. The highest BCUT2D eigenvalue weighted by Gasteiger charge is 2.65. The largest absolute Gasteiger partial charge is 0.481 e. The van der Waals surface area contributed by atoms with E-state index in [0.717, 1.165) is 27.7 Å². The zero-order chi connectivity index (χ0) is 21.2. The quantitative estimate of drug-likeness (QED) is 0.262. The van der Waals surface area contributed by atoms with Gasteiger partial charge in [0.1, 0.15) is 12.2 Å². The number of carboxylic acid groups (broad SMARTS) is 3. The molecule has 1 fully saturated rings. The van der Waals surface area contributed by atoms with Crippen molar-refractivity contribution in [3.63, 3.8) is 0 Å². The number of hydrogen-bond acceptors (Lipinski definition) is 8. The number of aliphatic hydroxyl groups is 4. The number of aliphatic hydroxyl groups excluding tert-OH is 2. The molecule has 1 aliphatic rings. The fraction of sp³-hybridized carbons (Fsp3) is 0.750. The molecule has 1 aliphatic heterocycles. The molecule has 0 saturated carbocycles. The van der Waals surface area contributed by atoms with E-state index in [-0.39, 0.29) is 0 Å². The third kappa shape index (κ3) is 13.1. The fourth-order valence-electron chi connectivity index (χ4n) is 1.06. The number of rotatable bonds is 0. The molecule has 0 aromatic rings. The van der Waals surface area contributed by atoms with Crippen LogP contribution in [0.3, 0.4) is 0 Å². The monoisotopic (exact) mass is 380 g/mol. The molecule has 11 nitrogen and oxygen atoms in total. The van der Waals surface area contributed by atoms with E-state index in [0.29, 0.717) is 0 Å². The first-order valence-corrected chi connectivity index (χ1v) is 6.35. The van der Waals surface area contributed by atoms with E-state index in [1.807, 2.05) is 0 Å². The molecule has 1 rings (SSSR count). The predicted molar refractivity (Wildman–Crippen MR) is 74.6 cm³/mol. The summed E-state index contributed by atoms with van der Waals surface area (Å²) in [7, 11) is 0. The Morgan fingerprint density at radius 3 is 1.36 bits per heavy atom. The van der Waals surface area contributed by atoms with Crippen molar-refractivity contribution in [3.05, 3.63) is 0 Å². The molecule has 0 spiro atoms. The zero-order valence-corrected chi connectivity index (χ0v) is 13.8. The molecule has 1 unspecified atom stereocenters. The van der Waals surface area contributed by atoms with Crippen LogP contribution in [0.25, 0.3) is 0 Å². The van der Waals surface area contributed by atoms with Crippen LogP contribution in [0.15, 0.2) is 0 Å². The molecule has 7 N–H and O–H groups in total. The summed E-state index contributed by atoms with van der Waals surface area (Å²) in [4.78, 5) is 27.0. The normalized spacial score (nSPS) is 33.1. The van der Waals surface area contributed by atoms with Gasteiger partial charge in [0.05, 0.1) is 6.10 Å². The van der Waals surface area contributed by atoms with Gasteiger partial charge in [0, 0.05) is 20.8 Å². The number of aliphatic carboxylic acids is 3. The molecule has 1 heterocycles. The molecule has 13 heteroatoms. The van der Waals surface area contributed by atoms with Crippen molar-refractivity contribution in [2.45, 2.75) is 57.9 Å². The van der Waals surface area contributed by atoms with Crippen molar-refractivity contribution in [2.75, 3.05) is 0 Å². The second kappa shape index (κ2) is 11.6. The Morgan fingerprint density at radius 1 is 0.880 bits per heavy atom. The van der Waals surface area contributed by atoms with Crippen LogP contribution in [-0.4, -0.2) is 83.9 Å². The number of carbonyl (C=O) groups is 3. The summed E-state index contributed by atoms with van der Waals surface area (Å²) in [6, 6.07) is -4.02. The number of alkyl halides is 2. The van der Waals surface area contributed by atoms with Gasteiger partial charge in [0.15, 0.2) is 0 Å².